The van der Waals surface area contributed by atoms with Gasteiger partial charge in [0.15, 0.2) is 0 Å². The lowest BCUT2D eigenvalue weighted by molar-refractivity contribution is 0.0996. The zero-order valence-corrected chi connectivity index (χ0v) is 9.50. The Hall–Kier alpha value is -0.110. The lowest BCUT2D eigenvalue weighted by Gasteiger charge is -2.32. The topological polar surface area (TPSA) is 20.2 Å². The van der Waals surface area contributed by atoms with Gasteiger partial charge in [-0.15, -0.1) is 0 Å². The highest BCUT2D eigenvalue weighted by Gasteiger charge is 2.32. The van der Waals surface area contributed by atoms with Crippen LogP contribution in [0.5, 0.6) is 0 Å². The number of aliphatic hydroxyl groups excluding tert-OH is 1. The molecule has 2 saturated carbocycles. The molecule has 0 aromatic rings. The molecule has 1 nitrogen and oxygen atoms in total. The first-order valence-electron chi connectivity index (χ1n) is 6.59. The van der Waals surface area contributed by atoms with E-state index in [2.05, 4.69) is 0 Å². The molecule has 0 amide bonds. The van der Waals surface area contributed by atoms with Crippen molar-refractivity contribution in [3.05, 3.63) is 0 Å². The minimum atomic E-state index is -0.556. The summed E-state index contributed by atoms with van der Waals surface area (Å²) in [6.07, 6.45) is 8.59. The van der Waals surface area contributed by atoms with Gasteiger partial charge in [-0.05, 0) is 50.4 Å². The number of hydrogen-bond donors (Lipinski definition) is 1. The Morgan fingerprint density at radius 1 is 0.800 bits per heavy atom. The Bertz CT molecular complexity index is 195. The van der Waals surface area contributed by atoms with E-state index in [1.165, 1.54) is 6.42 Å². The third kappa shape index (κ3) is 2.93. The smallest absolute Gasteiger partial charge is 0.103 e. The van der Waals surface area contributed by atoms with Crippen LogP contribution < -0.4 is 0 Å². The highest BCUT2D eigenvalue weighted by atomic mass is 19.1. The quantitative estimate of drug-likeness (QED) is 0.663. The summed E-state index contributed by atoms with van der Waals surface area (Å²) in [4.78, 5) is 0. The van der Waals surface area contributed by atoms with Crippen LogP contribution in [0.15, 0.2) is 0 Å². The van der Waals surface area contributed by atoms with Crippen molar-refractivity contribution in [2.45, 2.75) is 70.1 Å². The predicted molar refractivity (Wildman–Crippen MR) is 59.4 cm³/mol. The maximum Gasteiger partial charge on any atom is 0.103 e. The van der Waals surface area contributed by atoms with Crippen LogP contribution in [0.3, 0.4) is 0 Å². The fourth-order valence-electron chi connectivity index (χ4n) is 3.38. The second kappa shape index (κ2) is 5.29. The van der Waals surface area contributed by atoms with Crippen molar-refractivity contribution in [2.24, 2.45) is 11.8 Å². The molecular formula is C13H23FO. The Morgan fingerprint density at radius 2 is 1.60 bits per heavy atom. The first-order valence-corrected chi connectivity index (χ1v) is 6.59. The van der Waals surface area contributed by atoms with Crippen molar-refractivity contribution in [3.8, 4) is 0 Å². The van der Waals surface area contributed by atoms with Gasteiger partial charge >= 0.3 is 0 Å². The van der Waals surface area contributed by atoms with Gasteiger partial charge in [0, 0.05) is 0 Å². The largest absolute Gasteiger partial charge is 0.393 e. The Labute approximate surface area is 92.1 Å². The number of rotatable bonds is 1. The van der Waals surface area contributed by atoms with Crippen molar-refractivity contribution in [3.63, 3.8) is 0 Å². The van der Waals surface area contributed by atoms with E-state index in [4.69, 9.17) is 0 Å². The third-order valence-corrected chi connectivity index (χ3v) is 4.32. The molecule has 0 bridgehead atoms. The summed E-state index contributed by atoms with van der Waals surface area (Å²) in [5.74, 6) is 0.862. The Kier molecular flexibility index (Phi) is 4.01. The zero-order valence-electron chi connectivity index (χ0n) is 9.50. The molecule has 1 N–H and O–H groups in total. The first kappa shape index (κ1) is 11.4. The fourth-order valence-corrected chi connectivity index (χ4v) is 3.38. The van der Waals surface area contributed by atoms with Crippen LogP contribution in [0, 0.1) is 11.8 Å². The van der Waals surface area contributed by atoms with E-state index in [0.29, 0.717) is 11.8 Å². The Balaban J connectivity index is 1.90. The summed E-state index contributed by atoms with van der Waals surface area (Å²) >= 11 is 0. The van der Waals surface area contributed by atoms with Gasteiger partial charge in [-0.1, -0.05) is 19.3 Å². The standard InChI is InChI=1S/C13H23FO/c14-13-7-2-1-6-12(13)10-4-3-5-11(15)9-8-10/h10-13,15H,1-9H2. The van der Waals surface area contributed by atoms with E-state index in [1.807, 2.05) is 0 Å². The number of alkyl halides is 1. The van der Waals surface area contributed by atoms with Crippen LogP contribution in [0.4, 0.5) is 4.39 Å². The molecular weight excluding hydrogens is 191 g/mol. The molecule has 0 aromatic heterocycles. The minimum absolute atomic E-state index is 0.114. The lowest BCUT2D eigenvalue weighted by atomic mass is 9.75. The molecule has 0 aromatic carbocycles. The van der Waals surface area contributed by atoms with Gasteiger partial charge in [0.1, 0.15) is 6.17 Å². The average Bonchev–Trinajstić information content (AvgIpc) is 2.44. The minimum Gasteiger partial charge on any atom is -0.393 e. The van der Waals surface area contributed by atoms with Crippen molar-refractivity contribution in [1.82, 2.24) is 0 Å². The lowest BCUT2D eigenvalue weighted by Crippen LogP contribution is -2.28. The predicted octanol–water partition coefficient (Wildman–Crippen LogP) is 3.46. The van der Waals surface area contributed by atoms with E-state index in [0.717, 1.165) is 51.4 Å². The summed E-state index contributed by atoms with van der Waals surface area (Å²) in [7, 11) is 0. The Morgan fingerprint density at radius 3 is 2.40 bits per heavy atom. The third-order valence-electron chi connectivity index (χ3n) is 4.32. The maximum absolute atomic E-state index is 13.8. The van der Waals surface area contributed by atoms with Gasteiger partial charge in [0.25, 0.3) is 0 Å². The molecule has 0 aliphatic heterocycles. The summed E-state index contributed by atoms with van der Waals surface area (Å²) in [5, 5.41) is 9.58. The molecule has 88 valence electrons. The zero-order chi connectivity index (χ0) is 10.7. The molecule has 2 heteroatoms. The number of aliphatic hydroxyl groups is 1. The number of hydrogen-bond acceptors (Lipinski definition) is 1. The van der Waals surface area contributed by atoms with Gasteiger partial charge in [0.2, 0.25) is 0 Å². The van der Waals surface area contributed by atoms with Crippen LogP contribution in [0.2, 0.25) is 0 Å². The summed E-state index contributed by atoms with van der Waals surface area (Å²) in [5.41, 5.74) is 0. The van der Waals surface area contributed by atoms with Crippen LogP contribution in [-0.4, -0.2) is 17.4 Å². The van der Waals surface area contributed by atoms with E-state index in [1.54, 1.807) is 0 Å². The van der Waals surface area contributed by atoms with Crippen LogP contribution in [0.1, 0.15) is 57.8 Å². The summed E-state index contributed by atoms with van der Waals surface area (Å²) in [6.45, 7) is 0. The van der Waals surface area contributed by atoms with Gasteiger partial charge in [0.05, 0.1) is 6.10 Å². The summed E-state index contributed by atoms with van der Waals surface area (Å²) in [6, 6.07) is 0. The van der Waals surface area contributed by atoms with Crippen LogP contribution in [-0.2, 0) is 0 Å². The molecule has 15 heavy (non-hydrogen) atoms. The highest BCUT2D eigenvalue weighted by Crippen LogP contribution is 2.38. The normalized spacial score (nSPS) is 43.6. The van der Waals surface area contributed by atoms with Crippen LogP contribution >= 0.6 is 0 Å². The molecule has 0 saturated heterocycles. The molecule has 4 unspecified atom stereocenters. The van der Waals surface area contributed by atoms with Crippen molar-refractivity contribution >= 4 is 0 Å². The molecule has 0 spiro atoms. The SMILES string of the molecule is OC1CCCC(C2CCCCC2F)CC1. The monoisotopic (exact) mass is 214 g/mol. The van der Waals surface area contributed by atoms with Crippen molar-refractivity contribution < 1.29 is 9.50 Å². The second-order valence-corrected chi connectivity index (χ2v) is 5.39. The molecule has 2 rings (SSSR count). The van der Waals surface area contributed by atoms with Gasteiger partial charge < -0.3 is 5.11 Å². The molecule has 0 heterocycles. The molecule has 0 radical (unpaired) electrons. The van der Waals surface area contributed by atoms with Gasteiger partial charge in [-0.2, -0.15) is 0 Å². The molecule has 2 fully saturated rings. The second-order valence-electron chi connectivity index (χ2n) is 5.39. The molecule has 2 aliphatic rings. The van der Waals surface area contributed by atoms with Crippen molar-refractivity contribution in [1.29, 1.82) is 0 Å². The van der Waals surface area contributed by atoms with Crippen LogP contribution in [0.25, 0.3) is 0 Å². The van der Waals surface area contributed by atoms with E-state index in [-0.39, 0.29) is 6.10 Å². The maximum atomic E-state index is 13.8. The first-order chi connectivity index (χ1) is 7.27. The summed E-state index contributed by atoms with van der Waals surface area (Å²) < 4.78 is 13.8. The van der Waals surface area contributed by atoms with Gasteiger partial charge in [-0.25, -0.2) is 4.39 Å². The fraction of sp³-hybridized carbons (Fsp3) is 1.00. The van der Waals surface area contributed by atoms with E-state index in [9.17, 15) is 9.50 Å². The molecule has 2 aliphatic carbocycles. The van der Waals surface area contributed by atoms with Crippen molar-refractivity contribution in [2.75, 3.05) is 0 Å². The van der Waals surface area contributed by atoms with E-state index >= 15 is 0 Å². The number of halogens is 1. The van der Waals surface area contributed by atoms with E-state index < -0.39 is 6.17 Å². The average molecular weight is 214 g/mol. The highest BCUT2D eigenvalue weighted by molar-refractivity contribution is 4.83. The van der Waals surface area contributed by atoms with Gasteiger partial charge in [-0.3, -0.25) is 0 Å². The molecule has 4 atom stereocenters.